The average molecular weight is 266 g/mol. The summed E-state index contributed by atoms with van der Waals surface area (Å²) in [4.78, 5) is 0. The van der Waals surface area contributed by atoms with Crippen LogP contribution in [-0.2, 0) is 0 Å². The number of aromatic nitrogens is 3. The lowest BCUT2D eigenvalue weighted by Crippen LogP contribution is -2.01. The van der Waals surface area contributed by atoms with Crippen LogP contribution >= 0.6 is 0 Å². The van der Waals surface area contributed by atoms with Crippen LogP contribution in [0.4, 0.5) is 8.78 Å². The molecule has 0 bridgehead atoms. The number of benzene rings is 1. The number of hydrogen-bond donors (Lipinski definition) is 0. The summed E-state index contributed by atoms with van der Waals surface area (Å²) >= 11 is 0. The Morgan fingerprint density at radius 2 is 1.74 bits per heavy atom. The third-order valence-electron chi connectivity index (χ3n) is 2.38. The second kappa shape index (κ2) is 5.55. The van der Waals surface area contributed by atoms with Gasteiger partial charge in [-0.25, -0.2) is 4.68 Å². The molecule has 1 heterocycles. The maximum absolute atomic E-state index is 12.0. The molecule has 0 unspecified atom stereocenters. The Balaban J connectivity index is 2.11. The van der Waals surface area contributed by atoms with Crippen LogP contribution < -0.4 is 4.74 Å². The molecule has 0 spiro atoms. The third-order valence-corrected chi connectivity index (χ3v) is 2.38. The van der Waals surface area contributed by atoms with Crippen LogP contribution in [0.15, 0.2) is 29.4 Å². The van der Waals surface area contributed by atoms with E-state index in [2.05, 4.69) is 20.0 Å². The number of nitrogens with zero attached hydrogens (tertiary/aromatic N) is 4. The lowest BCUT2D eigenvalue weighted by molar-refractivity contribution is -0.0498. The van der Waals surface area contributed by atoms with Gasteiger partial charge in [-0.15, -0.1) is 10.2 Å². The highest BCUT2D eigenvalue weighted by Gasteiger charge is 2.03. The molecule has 1 aromatic carbocycles. The Labute approximate surface area is 108 Å². The van der Waals surface area contributed by atoms with Crippen molar-refractivity contribution in [2.45, 2.75) is 20.5 Å². The highest BCUT2D eigenvalue weighted by molar-refractivity contribution is 5.79. The van der Waals surface area contributed by atoms with E-state index in [1.165, 1.54) is 12.1 Å². The second-order valence-electron chi connectivity index (χ2n) is 3.80. The number of aryl methyl sites for hydroxylation is 2. The maximum atomic E-state index is 12.0. The molecule has 1 aromatic heterocycles. The molecule has 0 aliphatic rings. The minimum atomic E-state index is -2.82. The highest BCUT2D eigenvalue weighted by atomic mass is 19.3. The van der Waals surface area contributed by atoms with E-state index in [4.69, 9.17) is 0 Å². The molecule has 100 valence electrons. The van der Waals surface area contributed by atoms with Crippen LogP contribution in [0.25, 0.3) is 0 Å². The Bertz CT molecular complexity index is 558. The molecule has 2 aromatic rings. The van der Waals surface area contributed by atoms with Gasteiger partial charge in [0.15, 0.2) is 11.6 Å². The van der Waals surface area contributed by atoms with Gasteiger partial charge in [0, 0.05) is 0 Å². The normalized spacial score (nSPS) is 11.4. The summed E-state index contributed by atoms with van der Waals surface area (Å²) in [5.74, 6) is 1.46. The minimum absolute atomic E-state index is 0.115. The van der Waals surface area contributed by atoms with Gasteiger partial charge in [0.25, 0.3) is 0 Å². The van der Waals surface area contributed by atoms with E-state index in [1.54, 1.807) is 36.9 Å². The van der Waals surface area contributed by atoms with Crippen molar-refractivity contribution in [3.05, 3.63) is 41.5 Å². The molecule has 0 fully saturated rings. The Hall–Kier alpha value is -2.31. The molecule has 0 amide bonds. The minimum Gasteiger partial charge on any atom is -0.435 e. The number of halogens is 2. The van der Waals surface area contributed by atoms with Crippen LogP contribution in [0.5, 0.6) is 5.75 Å². The van der Waals surface area contributed by atoms with Crippen LogP contribution in [0.2, 0.25) is 0 Å². The van der Waals surface area contributed by atoms with Crippen molar-refractivity contribution in [1.82, 2.24) is 14.9 Å². The molecule has 19 heavy (non-hydrogen) atoms. The predicted molar refractivity (Wildman–Crippen MR) is 65.6 cm³/mol. The molecule has 0 saturated heterocycles. The first-order valence-electron chi connectivity index (χ1n) is 5.54. The third kappa shape index (κ3) is 3.34. The van der Waals surface area contributed by atoms with Gasteiger partial charge in [0.1, 0.15) is 5.75 Å². The summed E-state index contributed by atoms with van der Waals surface area (Å²) in [5, 5.41) is 11.9. The van der Waals surface area contributed by atoms with E-state index in [1.807, 2.05) is 0 Å². The summed E-state index contributed by atoms with van der Waals surface area (Å²) in [6, 6.07) is 6.19. The van der Waals surface area contributed by atoms with Crippen molar-refractivity contribution in [2.75, 3.05) is 0 Å². The van der Waals surface area contributed by atoms with Crippen molar-refractivity contribution in [2.24, 2.45) is 5.10 Å². The van der Waals surface area contributed by atoms with Crippen LogP contribution in [0, 0.1) is 13.8 Å². The predicted octanol–water partition coefficient (Wildman–Crippen LogP) is 2.38. The maximum Gasteiger partial charge on any atom is 0.387 e. The largest absolute Gasteiger partial charge is 0.435 e. The van der Waals surface area contributed by atoms with E-state index in [0.717, 1.165) is 5.56 Å². The van der Waals surface area contributed by atoms with Gasteiger partial charge < -0.3 is 4.74 Å². The summed E-state index contributed by atoms with van der Waals surface area (Å²) < 4.78 is 29.8. The van der Waals surface area contributed by atoms with Gasteiger partial charge in [0.2, 0.25) is 0 Å². The van der Waals surface area contributed by atoms with Gasteiger partial charge >= 0.3 is 6.61 Å². The first kappa shape index (κ1) is 13.1. The first-order valence-corrected chi connectivity index (χ1v) is 5.54. The van der Waals surface area contributed by atoms with E-state index in [0.29, 0.717) is 11.6 Å². The van der Waals surface area contributed by atoms with E-state index >= 15 is 0 Å². The molecular formula is C12H12F2N4O. The molecule has 7 heteroatoms. The Morgan fingerprint density at radius 3 is 2.26 bits per heavy atom. The zero-order valence-corrected chi connectivity index (χ0v) is 10.4. The summed E-state index contributed by atoms with van der Waals surface area (Å²) in [5.41, 5.74) is 0.758. The molecule has 0 saturated carbocycles. The van der Waals surface area contributed by atoms with Crippen LogP contribution in [-0.4, -0.2) is 27.7 Å². The summed E-state index contributed by atoms with van der Waals surface area (Å²) in [6.45, 7) is 0.759. The SMILES string of the molecule is Cc1nnc(C)n1N=Cc1ccc(OC(F)F)cc1. The zero-order valence-electron chi connectivity index (χ0n) is 10.4. The first-order chi connectivity index (χ1) is 9.06. The topological polar surface area (TPSA) is 52.3 Å². The number of ether oxygens (including phenoxy) is 1. The fourth-order valence-electron chi connectivity index (χ4n) is 1.49. The molecule has 0 atom stereocenters. The van der Waals surface area contributed by atoms with Crippen molar-refractivity contribution in [3.8, 4) is 5.75 Å². The smallest absolute Gasteiger partial charge is 0.387 e. The molecule has 0 aliphatic heterocycles. The molecular weight excluding hydrogens is 254 g/mol. The number of hydrogen-bond acceptors (Lipinski definition) is 4. The van der Waals surface area contributed by atoms with Gasteiger partial charge in [-0.05, 0) is 43.7 Å². The Morgan fingerprint density at radius 1 is 1.16 bits per heavy atom. The van der Waals surface area contributed by atoms with E-state index in [9.17, 15) is 8.78 Å². The van der Waals surface area contributed by atoms with Gasteiger partial charge in [-0.3, -0.25) is 0 Å². The Kier molecular flexibility index (Phi) is 3.84. The molecule has 5 nitrogen and oxygen atoms in total. The van der Waals surface area contributed by atoms with E-state index in [-0.39, 0.29) is 5.75 Å². The average Bonchev–Trinajstić information content (AvgIpc) is 2.68. The lowest BCUT2D eigenvalue weighted by Gasteiger charge is -2.03. The quantitative estimate of drug-likeness (QED) is 0.798. The second-order valence-corrected chi connectivity index (χ2v) is 3.80. The standard InChI is InChI=1S/C12H12F2N4O/c1-8-16-17-9(2)18(8)15-7-10-3-5-11(6-4-10)19-12(13)14/h3-7,12H,1-2H3. The van der Waals surface area contributed by atoms with Crippen LogP contribution in [0.3, 0.4) is 0 Å². The van der Waals surface area contributed by atoms with Crippen molar-refractivity contribution in [3.63, 3.8) is 0 Å². The summed E-state index contributed by atoms with van der Waals surface area (Å²) in [7, 11) is 0. The number of rotatable bonds is 4. The van der Waals surface area contributed by atoms with Crippen molar-refractivity contribution in [1.29, 1.82) is 0 Å². The molecule has 0 N–H and O–H groups in total. The van der Waals surface area contributed by atoms with Gasteiger partial charge in [0.05, 0.1) is 6.21 Å². The van der Waals surface area contributed by atoms with Gasteiger partial charge in [-0.1, -0.05) is 0 Å². The highest BCUT2D eigenvalue weighted by Crippen LogP contribution is 2.14. The summed E-state index contributed by atoms with van der Waals surface area (Å²) in [6.07, 6.45) is 1.59. The van der Waals surface area contributed by atoms with Gasteiger partial charge in [-0.2, -0.15) is 13.9 Å². The fourth-order valence-corrected chi connectivity index (χ4v) is 1.49. The van der Waals surface area contributed by atoms with Crippen molar-refractivity contribution >= 4 is 6.21 Å². The zero-order chi connectivity index (χ0) is 13.8. The molecule has 0 aliphatic carbocycles. The van der Waals surface area contributed by atoms with E-state index < -0.39 is 6.61 Å². The fraction of sp³-hybridized carbons (Fsp3) is 0.250. The molecule has 2 rings (SSSR count). The number of alkyl halides is 2. The lowest BCUT2D eigenvalue weighted by atomic mass is 10.2. The monoisotopic (exact) mass is 266 g/mol. The van der Waals surface area contributed by atoms with Crippen LogP contribution in [0.1, 0.15) is 17.2 Å². The van der Waals surface area contributed by atoms with Crippen molar-refractivity contribution < 1.29 is 13.5 Å². The molecule has 0 radical (unpaired) electrons.